The fourth-order valence-corrected chi connectivity index (χ4v) is 5.49. The van der Waals surface area contributed by atoms with Crippen LogP contribution in [0.2, 0.25) is 0 Å². The number of nitrogens with zero attached hydrogens (tertiary/aromatic N) is 4. The number of thiazole rings is 1. The van der Waals surface area contributed by atoms with Crippen LogP contribution in [0.4, 0.5) is 16.5 Å². The molecular weight excluding hydrogens is 492 g/mol. The number of hydrogen-bond donors (Lipinski definition) is 1. The van der Waals surface area contributed by atoms with Crippen LogP contribution in [-0.4, -0.2) is 30.3 Å². The molecular formula is C31H46N4O2S. The molecule has 0 fully saturated rings. The SMILES string of the molecule is CCCCCCCCc1ccc2nc(/N=N/c3cc(OC)c(N(CCCC)CCCC)cc3CO)sc2c1. The highest BCUT2D eigenvalue weighted by molar-refractivity contribution is 7.21. The Morgan fingerprint density at radius 3 is 2.26 bits per heavy atom. The van der Waals surface area contributed by atoms with Crippen LogP contribution in [0, 0.1) is 0 Å². The van der Waals surface area contributed by atoms with Crippen molar-refractivity contribution in [1.29, 1.82) is 0 Å². The van der Waals surface area contributed by atoms with Crippen molar-refractivity contribution in [3.05, 3.63) is 41.5 Å². The van der Waals surface area contributed by atoms with Crippen molar-refractivity contribution in [1.82, 2.24) is 4.98 Å². The fraction of sp³-hybridized carbons (Fsp3) is 0.581. The molecule has 208 valence electrons. The molecule has 0 saturated heterocycles. The number of aliphatic hydroxyl groups excluding tert-OH is 1. The van der Waals surface area contributed by atoms with Gasteiger partial charge in [-0.3, -0.25) is 0 Å². The van der Waals surface area contributed by atoms with Gasteiger partial charge in [-0.25, -0.2) is 4.98 Å². The summed E-state index contributed by atoms with van der Waals surface area (Å²) in [6, 6.07) is 10.4. The van der Waals surface area contributed by atoms with Gasteiger partial charge in [0.1, 0.15) is 5.75 Å². The molecule has 0 saturated carbocycles. The number of aliphatic hydroxyl groups is 1. The van der Waals surface area contributed by atoms with E-state index in [1.54, 1.807) is 18.4 Å². The van der Waals surface area contributed by atoms with Gasteiger partial charge in [0.05, 0.1) is 35.3 Å². The van der Waals surface area contributed by atoms with Crippen molar-refractivity contribution >= 4 is 38.1 Å². The lowest BCUT2D eigenvalue weighted by molar-refractivity contribution is 0.282. The molecule has 2 aromatic carbocycles. The Hall–Kier alpha value is -2.51. The van der Waals surface area contributed by atoms with E-state index in [0.29, 0.717) is 10.8 Å². The second-order valence-electron chi connectivity index (χ2n) is 10.0. The number of rotatable bonds is 18. The van der Waals surface area contributed by atoms with E-state index < -0.39 is 0 Å². The van der Waals surface area contributed by atoms with E-state index in [1.807, 2.05) is 12.1 Å². The number of ether oxygens (including phenoxy) is 1. The zero-order valence-corrected chi connectivity index (χ0v) is 24.7. The number of anilines is 1. The maximum Gasteiger partial charge on any atom is 0.231 e. The van der Waals surface area contributed by atoms with Gasteiger partial charge >= 0.3 is 0 Å². The predicted octanol–water partition coefficient (Wildman–Crippen LogP) is 9.52. The van der Waals surface area contributed by atoms with E-state index in [2.05, 4.69) is 59.1 Å². The minimum Gasteiger partial charge on any atom is -0.495 e. The summed E-state index contributed by atoms with van der Waals surface area (Å²) in [5.74, 6) is 0.756. The normalized spacial score (nSPS) is 11.6. The van der Waals surface area contributed by atoms with Gasteiger partial charge in [0.25, 0.3) is 0 Å². The summed E-state index contributed by atoms with van der Waals surface area (Å²) < 4.78 is 6.90. The number of unbranched alkanes of at least 4 members (excludes halogenated alkanes) is 7. The lowest BCUT2D eigenvalue weighted by Gasteiger charge is -2.27. The number of aromatic nitrogens is 1. The monoisotopic (exact) mass is 538 g/mol. The molecule has 0 aliphatic rings. The number of methoxy groups -OCH3 is 1. The highest BCUT2D eigenvalue weighted by atomic mass is 32.1. The highest BCUT2D eigenvalue weighted by Crippen LogP contribution is 2.38. The Morgan fingerprint density at radius 1 is 0.868 bits per heavy atom. The lowest BCUT2D eigenvalue weighted by atomic mass is 10.0. The maximum atomic E-state index is 10.1. The highest BCUT2D eigenvalue weighted by Gasteiger charge is 2.16. The molecule has 0 unspecified atom stereocenters. The Kier molecular flexibility index (Phi) is 13.0. The minimum absolute atomic E-state index is 0.109. The Bertz CT molecular complexity index is 1140. The molecule has 0 bridgehead atoms. The third-order valence-corrected chi connectivity index (χ3v) is 7.86. The summed E-state index contributed by atoms with van der Waals surface area (Å²) in [6.07, 6.45) is 13.4. The standard InChI is InChI=1S/C31H46N4O2S/c1-5-8-11-12-13-14-15-24-16-17-26-30(20-24)38-31(32-26)34-33-27-22-29(37-4)28(21-25(27)23-36)35(18-9-6-2)19-10-7-3/h16-17,20-22,36H,5-15,18-19,23H2,1-4H3/b34-33+. The zero-order valence-electron chi connectivity index (χ0n) is 23.8. The molecule has 1 heterocycles. The fourth-order valence-electron chi connectivity index (χ4n) is 4.64. The van der Waals surface area contributed by atoms with Crippen LogP contribution in [0.25, 0.3) is 10.2 Å². The summed E-state index contributed by atoms with van der Waals surface area (Å²) in [5.41, 5.74) is 4.68. The van der Waals surface area contributed by atoms with E-state index in [-0.39, 0.29) is 6.61 Å². The van der Waals surface area contributed by atoms with Crippen molar-refractivity contribution in [2.24, 2.45) is 10.2 Å². The molecule has 3 rings (SSSR count). The number of fused-ring (bicyclic) bond motifs is 1. The summed E-state index contributed by atoms with van der Waals surface area (Å²) >= 11 is 1.56. The van der Waals surface area contributed by atoms with E-state index in [1.165, 1.54) is 44.1 Å². The topological polar surface area (TPSA) is 70.3 Å². The Balaban J connectivity index is 1.75. The predicted molar refractivity (Wildman–Crippen MR) is 162 cm³/mol. The lowest BCUT2D eigenvalue weighted by Crippen LogP contribution is -2.26. The van der Waals surface area contributed by atoms with Gasteiger partial charge in [-0.1, -0.05) is 83.1 Å². The largest absolute Gasteiger partial charge is 0.495 e. The molecule has 0 radical (unpaired) electrons. The molecule has 6 nitrogen and oxygen atoms in total. The van der Waals surface area contributed by atoms with Crippen LogP contribution in [0.1, 0.15) is 96.1 Å². The molecule has 0 aliphatic heterocycles. The van der Waals surface area contributed by atoms with Gasteiger partial charge in [0.15, 0.2) is 0 Å². The molecule has 1 N–H and O–H groups in total. The van der Waals surface area contributed by atoms with Crippen LogP contribution in [-0.2, 0) is 13.0 Å². The van der Waals surface area contributed by atoms with Gasteiger partial charge in [0.2, 0.25) is 5.13 Å². The van der Waals surface area contributed by atoms with Gasteiger partial charge in [-0.2, -0.15) is 0 Å². The van der Waals surface area contributed by atoms with Crippen molar-refractivity contribution < 1.29 is 9.84 Å². The summed E-state index contributed by atoms with van der Waals surface area (Å²) in [5, 5.41) is 19.7. The quantitative estimate of drug-likeness (QED) is 0.129. The van der Waals surface area contributed by atoms with Crippen LogP contribution >= 0.6 is 11.3 Å². The van der Waals surface area contributed by atoms with Gasteiger partial charge < -0.3 is 14.7 Å². The molecule has 7 heteroatoms. The second kappa shape index (κ2) is 16.5. The van der Waals surface area contributed by atoms with E-state index in [9.17, 15) is 5.11 Å². The van der Waals surface area contributed by atoms with Crippen molar-refractivity contribution in [3.8, 4) is 5.75 Å². The molecule has 1 aromatic heterocycles. The number of benzene rings is 2. The number of aryl methyl sites for hydroxylation is 1. The molecule has 38 heavy (non-hydrogen) atoms. The summed E-state index contributed by atoms with van der Waals surface area (Å²) in [6.45, 7) is 8.48. The first-order valence-electron chi connectivity index (χ1n) is 14.5. The average Bonchev–Trinajstić information content (AvgIpc) is 3.35. The first-order valence-corrected chi connectivity index (χ1v) is 15.3. The van der Waals surface area contributed by atoms with Crippen LogP contribution in [0.5, 0.6) is 5.75 Å². The van der Waals surface area contributed by atoms with E-state index in [0.717, 1.165) is 72.4 Å². The second-order valence-corrected chi connectivity index (χ2v) is 11.0. The van der Waals surface area contributed by atoms with Crippen molar-refractivity contribution in [2.45, 2.75) is 98.0 Å². The smallest absolute Gasteiger partial charge is 0.231 e. The van der Waals surface area contributed by atoms with E-state index >= 15 is 0 Å². The molecule has 0 aliphatic carbocycles. The van der Waals surface area contributed by atoms with Crippen molar-refractivity contribution in [3.63, 3.8) is 0 Å². The Labute approximate surface area is 233 Å². The van der Waals surface area contributed by atoms with Crippen LogP contribution < -0.4 is 9.64 Å². The Morgan fingerprint density at radius 2 is 1.58 bits per heavy atom. The minimum atomic E-state index is -0.109. The number of hydrogen-bond acceptors (Lipinski definition) is 7. The average molecular weight is 539 g/mol. The summed E-state index contributed by atoms with van der Waals surface area (Å²) in [7, 11) is 1.69. The molecule has 0 amide bonds. The van der Waals surface area contributed by atoms with E-state index in [4.69, 9.17) is 4.74 Å². The first kappa shape index (κ1) is 30.0. The van der Waals surface area contributed by atoms with Gasteiger partial charge in [-0.15, -0.1) is 10.2 Å². The third kappa shape index (κ3) is 8.77. The molecule has 0 spiro atoms. The van der Waals surface area contributed by atoms with Crippen molar-refractivity contribution in [2.75, 3.05) is 25.1 Å². The third-order valence-electron chi connectivity index (χ3n) is 6.96. The maximum absolute atomic E-state index is 10.1. The molecule has 0 atom stereocenters. The van der Waals surface area contributed by atoms with Gasteiger partial charge in [0, 0.05) is 24.7 Å². The zero-order chi connectivity index (χ0) is 27.2. The van der Waals surface area contributed by atoms with Gasteiger partial charge in [-0.05, 0) is 49.4 Å². The van der Waals surface area contributed by atoms with Crippen LogP contribution in [0.15, 0.2) is 40.6 Å². The van der Waals surface area contributed by atoms with Crippen LogP contribution in [0.3, 0.4) is 0 Å². The molecule has 3 aromatic rings. The number of azo groups is 1. The first-order chi connectivity index (χ1) is 18.6. The summed E-state index contributed by atoms with van der Waals surface area (Å²) in [4.78, 5) is 7.03.